The van der Waals surface area contributed by atoms with Crippen LogP contribution in [0.1, 0.15) is 10.4 Å². The maximum absolute atomic E-state index is 12.1. The predicted octanol–water partition coefficient (Wildman–Crippen LogP) is 5.35. The molecule has 0 amide bonds. The molecule has 0 aliphatic rings. The highest BCUT2D eigenvalue weighted by molar-refractivity contribution is 6.33. The molecule has 3 nitrogen and oxygen atoms in total. The van der Waals surface area contributed by atoms with E-state index in [-0.39, 0.29) is 0 Å². The van der Waals surface area contributed by atoms with Crippen LogP contribution in [0.5, 0.6) is 17.2 Å². The highest BCUT2D eigenvalue weighted by Gasteiger charge is 2.12. The Morgan fingerprint density at radius 1 is 0.696 bits per heavy atom. The first kappa shape index (κ1) is 15.1. The van der Waals surface area contributed by atoms with Crippen LogP contribution >= 0.6 is 11.6 Å². The molecular formula is C19H13ClO3. The van der Waals surface area contributed by atoms with Crippen molar-refractivity contribution >= 4 is 17.6 Å². The van der Waals surface area contributed by atoms with Crippen LogP contribution in [0.3, 0.4) is 0 Å². The predicted molar refractivity (Wildman–Crippen MR) is 89.4 cm³/mol. The molecule has 4 heteroatoms. The number of carbonyl (C=O) groups excluding carboxylic acids is 1. The van der Waals surface area contributed by atoms with Crippen LogP contribution in [0.15, 0.2) is 78.9 Å². The molecule has 3 rings (SSSR count). The second-order valence-electron chi connectivity index (χ2n) is 4.76. The zero-order chi connectivity index (χ0) is 16.1. The summed E-state index contributed by atoms with van der Waals surface area (Å²) in [6.45, 7) is 0. The van der Waals surface area contributed by atoms with Gasteiger partial charge < -0.3 is 9.47 Å². The van der Waals surface area contributed by atoms with Gasteiger partial charge in [-0.25, -0.2) is 4.79 Å². The van der Waals surface area contributed by atoms with Crippen LogP contribution in [0, 0.1) is 0 Å². The lowest BCUT2D eigenvalue weighted by Crippen LogP contribution is -2.08. The van der Waals surface area contributed by atoms with Gasteiger partial charge in [0.15, 0.2) is 0 Å². The number of carbonyl (C=O) groups is 1. The Bertz CT molecular complexity index is 798. The van der Waals surface area contributed by atoms with E-state index in [1.807, 2.05) is 30.3 Å². The summed E-state index contributed by atoms with van der Waals surface area (Å²) in [6.07, 6.45) is 0. The van der Waals surface area contributed by atoms with E-state index in [1.165, 1.54) is 0 Å². The quantitative estimate of drug-likeness (QED) is 0.479. The number of halogens is 1. The molecule has 0 spiro atoms. The molecule has 0 bridgehead atoms. The molecule has 0 aliphatic carbocycles. The first-order chi connectivity index (χ1) is 11.2. The minimum Gasteiger partial charge on any atom is -0.457 e. The molecule has 0 N–H and O–H groups in total. The second-order valence-corrected chi connectivity index (χ2v) is 5.16. The van der Waals surface area contributed by atoms with E-state index in [0.717, 1.165) is 5.75 Å². The molecule has 0 radical (unpaired) electrons. The van der Waals surface area contributed by atoms with Gasteiger partial charge in [-0.3, -0.25) is 0 Å². The van der Waals surface area contributed by atoms with Crippen LogP contribution in [0.2, 0.25) is 5.02 Å². The maximum Gasteiger partial charge on any atom is 0.345 e. The van der Waals surface area contributed by atoms with Crippen molar-refractivity contribution in [1.82, 2.24) is 0 Å². The van der Waals surface area contributed by atoms with Crippen molar-refractivity contribution in [3.05, 3.63) is 89.4 Å². The number of hydrogen-bond donors (Lipinski definition) is 0. The molecule has 0 fully saturated rings. The summed E-state index contributed by atoms with van der Waals surface area (Å²) >= 11 is 5.98. The van der Waals surface area contributed by atoms with Crippen molar-refractivity contribution < 1.29 is 14.3 Å². The second kappa shape index (κ2) is 6.99. The standard InChI is InChI=1S/C19H13ClO3/c20-18-9-5-4-8-17(18)19(21)23-16-12-10-15(11-13-16)22-14-6-2-1-3-7-14/h1-13H. The Morgan fingerprint density at radius 2 is 1.26 bits per heavy atom. The average Bonchev–Trinajstić information content (AvgIpc) is 2.58. The summed E-state index contributed by atoms with van der Waals surface area (Å²) in [6, 6.07) is 23.0. The largest absolute Gasteiger partial charge is 0.457 e. The summed E-state index contributed by atoms with van der Waals surface area (Å²) in [5.74, 6) is 1.34. The van der Waals surface area contributed by atoms with E-state index in [4.69, 9.17) is 21.1 Å². The van der Waals surface area contributed by atoms with E-state index in [9.17, 15) is 4.79 Å². The van der Waals surface area contributed by atoms with Gasteiger partial charge in [-0.05, 0) is 48.5 Å². The molecule has 0 atom stereocenters. The van der Waals surface area contributed by atoms with E-state index < -0.39 is 5.97 Å². The fourth-order valence-corrected chi connectivity index (χ4v) is 2.20. The van der Waals surface area contributed by atoms with Crippen LogP contribution in [-0.4, -0.2) is 5.97 Å². The summed E-state index contributed by atoms with van der Waals surface area (Å²) < 4.78 is 11.0. The summed E-state index contributed by atoms with van der Waals surface area (Å²) in [4.78, 5) is 12.1. The Morgan fingerprint density at radius 3 is 1.96 bits per heavy atom. The van der Waals surface area contributed by atoms with Crippen LogP contribution in [-0.2, 0) is 0 Å². The van der Waals surface area contributed by atoms with Crippen LogP contribution in [0.4, 0.5) is 0 Å². The first-order valence-corrected chi connectivity index (χ1v) is 7.40. The molecule has 0 saturated heterocycles. The van der Waals surface area contributed by atoms with E-state index in [2.05, 4.69) is 0 Å². The molecule has 114 valence electrons. The number of esters is 1. The third-order valence-corrected chi connectivity index (χ3v) is 3.44. The fraction of sp³-hybridized carbons (Fsp3) is 0. The van der Waals surface area contributed by atoms with Crippen LogP contribution in [0.25, 0.3) is 0 Å². The average molecular weight is 325 g/mol. The van der Waals surface area contributed by atoms with Gasteiger partial charge in [0.25, 0.3) is 0 Å². The highest BCUT2D eigenvalue weighted by Crippen LogP contribution is 2.24. The van der Waals surface area contributed by atoms with Gasteiger partial charge in [-0.15, -0.1) is 0 Å². The Balaban J connectivity index is 1.68. The normalized spacial score (nSPS) is 10.1. The lowest BCUT2D eigenvalue weighted by atomic mass is 10.2. The van der Waals surface area contributed by atoms with Crippen molar-refractivity contribution in [1.29, 1.82) is 0 Å². The van der Waals surface area contributed by atoms with Gasteiger partial charge in [-0.1, -0.05) is 41.9 Å². The minimum absolute atomic E-state index is 0.332. The fourth-order valence-electron chi connectivity index (χ4n) is 1.99. The lowest BCUT2D eigenvalue weighted by molar-refractivity contribution is 0.0735. The number of benzene rings is 3. The van der Waals surface area contributed by atoms with Gasteiger partial charge in [-0.2, -0.15) is 0 Å². The smallest absolute Gasteiger partial charge is 0.345 e. The molecular weight excluding hydrogens is 312 g/mol. The number of para-hydroxylation sites is 1. The summed E-state index contributed by atoms with van der Waals surface area (Å²) in [7, 11) is 0. The molecule has 0 aliphatic heterocycles. The van der Waals surface area contributed by atoms with Crippen molar-refractivity contribution in [2.24, 2.45) is 0 Å². The minimum atomic E-state index is -0.493. The Kier molecular flexibility index (Phi) is 4.60. The molecule has 23 heavy (non-hydrogen) atoms. The number of rotatable bonds is 4. The molecule has 0 heterocycles. The molecule has 0 saturated carbocycles. The molecule has 3 aromatic carbocycles. The SMILES string of the molecule is O=C(Oc1ccc(Oc2ccccc2)cc1)c1ccccc1Cl. The van der Waals surface area contributed by atoms with Gasteiger partial charge in [0.1, 0.15) is 17.2 Å². The highest BCUT2D eigenvalue weighted by atomic mass is 35.5. The Labute approximate surface area is 139 Å². The first-order valence-electron chi connectivity index (χ1n) is 7.02. The zero-order valence-electron chi connectivity index (χ0n) is 12.1. The zero-order valence-corrected chi connectivity index (χ0v) is 12.9. The molecule has 0 unspecified atom stereocenters. The third-order valence-electron chi connectivity index (χ3n) is 3.11. The monoisotopic (exact) mass is 324 g/mol. The van der Waals surface area contributed by atoms with Crippen molar-refractivity contribution in [3.63, 3.8) is 0 Å². The topological polar surface area (TPSA) is 35.5 Å². The van der Waals surface area contributed by atoms with E-state index in [1.54, 1.807) is 48.5 Å². The lowest BCUT2D eigenvalue weighted by Gasteiger charge is -2.08. The van der Waals surface area contributed by atoms with Gasteiger partial charge in [0, 0.05) is 0 Å². The maximum atomic E-state index is 12.1. The van der Waals surface area contributed by atoms with Gasteiger partial charge in [0.2, 0.25) is 0 Å². The van der Waals surface area contributed by atoms with E-state index >= 15 is 0 Å². The number of ether oxygens (including phenoxy) is 2. The summed E-state index contributed by atoms with van der Waals surface area (Å²) in [5.41, 5.74) is 0.332. The van der Waals surface area contributed by atoms with Crippen LogP contribution < -0.4 is 9.47 Å². The van der Waals surface area contributed by atoms with E-state index in [0.29, 0.717) is 22.1 Å². The number of hydrogen-bond acceptors (Lipinski definition) is 3. The molecule has 0 aromatic heterocycles. The van der Waals surface area contributed by atoms with Gasteiger partial charge >= 0.3 is 5.97 Å². The van der Waals surface area contributed by atoms with Crippen molar-refractivity contribution in [3.8, 4) is 17.2 Å². The third kappa shape index (κ3) is 3.90. The Hall–Kier alpha value is -2.78. The summed E-state index contributed by atoms with van der Waals surface area (Å²) in [5, 5.41) is 0.363. The van der Waals surface area contributed by atoms with Crippen molar-refractivity contribution in [2.45, 2.75) is 0 Å². The molecule has 3 aromatic rings. The van der Waals surface area contributed by atoms with Gasteiger partial charge in [0.05, 0.1) is 10.6 Å². The van der Waals surface area contributed by atoms with Crippen molar-refractivity contribution in [2.75, 3.05) is 0 Å².